The fraction of sp³-hybridized carbons (Fsp3) is 0.105. The number of halogens is 3. The third-order valence-corrected chi connectivity index (χ3v) is 3.71. The number of rotatable bonds is 5. The molecule has 0 atom stereocenters. The second-order valence-corrected chi connectivity index (χ2v) is 5.67. The Morgan fingerprint density at radius 2 is 1.74 bits per heavy atom. The molecule has 8 heteroatoms. The number of pyridine rings is 2. The third-order valence-electron chi connectivity index (χ3n) is 3.71. The van der Waals surface area contributed by atoms with E-state index in [1.165, 1.54) is 36.7 Å². The van der Waals surface area contributed by atoms with Gasteiger partial charge in [-0.2, -0.15) is 13.2 Å². The molecule has 0 aliphatic heterocycles. The van der Waals surface area contributed by atoms with Crippen molar-refractivity contribution in [1.82, 2.24) is 15.3 Å². The molecular weight excluding hydrogens is 357 g/mol. The summed E-state index contributed by atoms with van der Waals surface area (Å²) in [5.74, 6) is -0.382. The molecule has 0 bridgehead atoms. The maximum absolute atomic E-state index is 13.1. The number of benzene rings is 1. The van der Waals surface area contributed by atoms with Crippen molar-refractivity contribution in [2.75, 3.05) is 5.32 Å². The van der Waals surface area contributed by atoms with E-state index >= 15 is 0 Å². The number of hydrogen-bond acceptors (Lipinski definition) is 4. The van der Waals surface area contributed by atoms with E-state index in [-0.39, 0.29) is 22.8 Å². The molecule has 3 rings (SSSR count). The predicted octanol–water partition coefficient (Wildman–Crippen LogP) is 4.17. The first-order valence-electron chi connectivity index (χ1n) is 7.99. The van der Waals surface area contributed by atoms with E-state index in [0.29, 0.717) is 6.54 Å². The Labute approximate surface area is 153 Å². The molecule has 2 N–H and O–H groups in total. The predicted molar refractivity (Wildman–Crippen MR) is 94.4 cm³/mol. The summed E-state index contributed by atoms with van der Waals surface area (Å²) in [6, 6.07) is 10.1. The lowest BCUT2D eigenvalue weighted by Crippen LogP contribution is -2.23. The van der Waals surface area contributed by atoms with Crippen LogP contribution in [-0.4, -0.2) is 15.9 Å². The Kier molecular flexibility index (Phi) is 5.35. The van der Waals surface area contributed by atoms with Gasteiger partial charge in [-0.3, -0.25) is 14.8 Å². The van der Waals surface area contributed by atoms with Gasteiger partial charge in [-0.25, -0.2) is 0 Å². The summed E-state index contributed by atoms with van der Waals surface area (Å²) in [7, 11) is 0. The van der Waals surface area contributed by atoms with Crippen LogP contribution in [0.4, 0.5) is 24.5 Å². The minimum Gasteiger partial charge on any atom is -0.354 e. The molecule has 1 amide bonds. The molecule has 0 saturated carbocycles. The average molecular weight is 372 g/mol. The molecule has 0 aliphatic rings. The van der Waals surface area contributed by atoms with E-state index in [0.717, 1.165) is 11.6 Å². The van der Waals surface area contributed by atoms with Crippen LogP contribution >= 0.6 is 0 Å². The van der Waals surface area contributed by atoms with E-state index in [1.807, 2.05) is 0 Å². The summed E-state index contributed by atoms with van der Waals surface area (Å²) in [6.45, 7) is 0.302. The first-order valence-corrected chi connectivity index (χ1v) is 7.99. The molecule has 1 aromatic carbocycles. The van der Waals surface area contributed by atoms with Crippen molar-refractivity contribution in [2.24, 2.45) is 0 Å². The fourth-order valence-corrected chi connectivity index (χ4v) is 2.41. The second-order valence-electron chi connectivity index (χ2n) is 5.67. The van der Waals surface area contributed by atoms with Crippen molar-refractivity contribution in [3.05, 3.63) is 83.9 Å². The molecule has 3 aromatic rings. The molecule has 27 heavy (non-hydrogen) atoms. The summed E-state index contributed by atoms with van der Waals surface area (Å²) >= 11 is 0. The molecule has 0 aliphatic carbocycles. The molecule has 0 spiro atoms. The molecule has 0 fully saturated rings. The van der Waals surface area contributed by atoms with E-state index in [9.17, 15) is 18.0 Å². The van der Waals surface area contributed by atoms with Crippen LogP contribution in [0.1, 0.15) is 21.5 Å². The first kappa shape index (κ1) is 18.4. The lowest BCUT2D eigenvalue weighted by atomic mass is 10.1. The number of anilines is 2. The number of nitrogens with one attached hydrogen (secondary N) is 2. The minimum atomic E-state index is -4.49. The monoisotopic (exact) mass is 372 g/mol. The lowest BCUT2D eigenvalue weighted by molar-refractivity contribution is -0.136. The van der Waals surface area contributed by atoms with Crippen LogP contribution in [-0.2, 0) is 12.7 Å². The highest BCUT2D eigenvalue weighted by Gasteiger charge is 2.33. The van der Waals surface area contributed by atoms with Gasteiger partial charge >= 0.3 is 6.18 Å². The van der Waals surface area contributed by atoms with Crippen molar-refractivity contribution in [1.29, 1.82) is 0 Å². The smallest absolute Gasteiger partial charge is 0.354 e. The van der Waals surface area contributed by atoms with Crippen LogP contribution < -0.4 is 10.6 Å². The van der Waals surface area contributed by atoms with Crippen LogP contribution in [0, 0.1) is 0 Å². The highest BCUT2D eigenvalue weighted by atomic mass is 19.4. The molecule has 0 saturated heterocycles. The van der Waals surface area contributed by atoms with Crippen molar-refractivity contribution >= 4 is 17.3 Å². The Morgan fingerprint density at radius 1 is 1.00 bits per heavy atom. The van der Waals surface area contributed by atoms with Gasteiger partial charge < -0.3 is 10.6 Å². The summed E-state index contributed by atoms with van der Waals surface area (Å²) in [4.78, 5) is 20.1. The lowest BCUT2D eigenvalue weighted by Gasteiger charge is -2.14. The molecule has 0 unspecified atom stereocenters. The zero-order valence-corrected chi connectivity index (χ0v) is 14.0. The van der Waals surface area contributed by atoms with Gasteiger partial charge in [-0.1, -0.05) is 12.1 Å². The molecule has 5 nitrogen and oxygen atoms in total. The quantitative estimate of drug-likeness (QED) is 0.706. The van der Waals surface area contributed by atoms with E-state index in [2.05, 4.69) is 20.6 Å². The zero-order valence-electron chi connectivity index (χ0n) is 14.0. The largest absolute Gasteiger partial charge is 0.418 e. The Hall–Kier alpha value is -3.42. The third kappa shape index (κ3) is 4.81. The fourth-order valence-electron chi connectivity index (χ4n) is 2.41. The number of amides is 1. The highest BCUT2D eigenvalue weighted by Crippen LogP contribution is 2.35. The highest BCUT2D eigenvalue weighted by molar-refractivity contribution is 5.94. The molecule has 2 heterocycles. The maximum Gasteiger partial charge on any atom is 0.418 e. The van der Waals surface area contributed by atoms with Crippen molar-refractivity contribution in [2.45, 2.75) is 12.7 Å². The van der Waals surface area contributed by atoms with Crippen LogP contribution in [0.25, 0.3) is 0 Å². The number of hydrogen-bond donors (Lipinski definition) is 2. The van der Waals surface area contributed by atoms with Gasteiger partial charge in [0, 0.05) is 25.1 Å². The topological polar surface area (TPSA) is 66.9 Å². The van der Waals surface area contributed by atoms with Crippen LogP contribution in [0.15, 0.2) is 67.3 Å². The average Bonchev–Trinajstić information content (AvgIpc) is 2.67. The van der Waals surface area contributed by atoms with Crippen molar-refractivity contribution < 1.29 is 18.0 Å². The van der Waals surface area contributed by atoms with Gasteiger partial charge in [-0.15, -0.1) is 0 Å². The second kappa shape index (κ2) is 7.86. The van der Waals surface area contributed by atoms with E-state index < -0.39 is 11.7 Å². The van der Waals surface area contributed by atoms with Crippen molar-refractivity contribution in [3.8, 4) is 0 Å². The molecule has 0 radical (unpaired) electrons. The van der Waals surface area contributed by atoms with Gasteiger partial charge in [0.2, 0.25) is 0 Å². The summed E-state index contributed by atoms with van der Waals surface area (Å²) in [5.41, 5.74) is 0.486. The zero-order chi connectivity index (χ0) is 19.3. The number of carbonyl (C=O) groups excluding carboxylic acids is 1. The number of carbonyl (C=O) groups is 1. The van der Waals surface area contributed by atoms with Gasteiger partial charge in [0.1, 0.15) is 0 Å². The van der Waals surface area contributed by atoms with E-state index in [4.69, 9.17) is 0 Å². The van der Waals surface area contributed by atoms with Crippen LogP contribution in [0.5, 0.6) is 0 Å². The van der Waals surface area contributed by atoms with Gasteiger partial charge in [0.05, 0.1) is 28.7 Å². The van der Waals surface area contributed by atoms with Gasteiger partial charge in [-0.05, 0) is 35.9 Å². The van der Waals surface area contributed by atoms with Crippen LogP contribution in [0.3, 0.4) is 0 Å². The summed E-state index contributed by atoms with van der Waals surface area (Å²) in [5, 5.41) is 5.40. The standard InChI is InChI=1S/C19H15F3N4O/c20-19(21,22)16-3-1-2-4-17(16)26-15-9-14(11-24-12-15)18(27)25-10-13-5-7-23-8-6-13/h1-9,11-12,26H,10H2,(H,25,27). The summed E-state index contributed by atoms with van der Waals surface area (Å²) < 4.78 is 39.3. The molecule has 138 valence electrons. The number of nitrogens with zero attached hydrogens (tertiary/aromatic N) is 2. The van der Waals surface area contributed by atoms with Gasteiger partial charge in [0.25, 0.3) is 5.91 Å². The Bertz CT molecular complexity index is 929. The molecular formula is C19H15F3N4O. The minimum absolute atomic E-state index is 0.110. The van der Waals surface area contributed by atoms with Crippen molar-refractivity contribution in [3.63, 3.8) is 0 Å². The number of alkyl halides is 3. The normalized spacial score (nSPS) is 11.1. The first-order chi connectivity index (χ1) is 12.9. The van der Waals surface area contributed by atoms with Crippen LogP contribution in [0.2, 0.25) is 0 Å². The SMILES string of the molecule is O=C(NCc1ccncc1)c1cncc(Nc2ccccc2C(F)(F)F)c1. The maximum atomic E-state index is 13.1. The Morgan fingerprint density at radius 3 is 2.48 bits per heavy atom. The number of aromatic nitrogens is 2. The van der Waals surface area contributed by atoms with Gasteiger partial charge in [0.15, 0.2) is 0 Å². The molecule has 2 aromatic heterocycles. The Balaban J connectivity index is 1.74. The summed E-state index contributed by atoms with van der Waals surface area (Å²) in [6.07, 6.45) is 1.45. The van der Waals surface area contributed by atoms with E-state index in [1.54, 1.807) is 24.5 Å². The number of para-hydroxylation sites is 1.